The van der Waals surface area contributed by atoms with E-state index in [9.17, 15) is 0 Å². The lowest BCUT2D eigenvalue weighted by Crippen LogP contribution is -2.37. The van der Waals surface area contributed by atoms with Crippen LogP contribution in [0.15, 0.2) is 18.2 Å². The van der Waals surface area contributed by atoms with Gasteiger partial charge in [0, 0.05) is 18.7 Å². The molecule has 0 unspecified atom stereocenters. The Balaban J connectivity index is 1.94. The summed E-state index contributed by atoms with van der Waals surface area (Å²) in [5.74, 6) is 1.80. The van der Waals surface area contributed by atoms with E-state index < -0.39 is 0 Å². The van der Waals surface area contributed by atoms with Gasteiger partial charge in [-0.3, -0.25) is 0 Å². The van der Waals surface area contributed by atoms with Crippen LogP contribution in [0.1, 0.15) is 31.7 Å². The Bertz CT molecular complexity index is 399. The van der Waals surface area contributed by atoms with Crippen molar-refractivity contribution in [1.82, 2.24) is 5.32 Å². The molecular weight excluding hydrogens is 226 g/mol. The second-order valence-electron chi connectivity index (χ2n) is 5.45. The van der Waals surface area contributed by atoms with E-state index in [0.717, 1.165) is 30.2 Å². The van der Waals surface area contributed by atoms with Crippen LogP contribution in [-0.4, -0.2) is 20.8 Å². The molecule has 3 heteroatoms. The van der Waals surface area contributed by atoms with Crippen molar-refractivity contribution in [1.29, 1.82) is 0 Å². The van der Waals surface area contributed by atoms with Crippen LogP contribution in [0.4, 0.5) is 0 Å². The quantitative estimate of drug-likeness (QED) is 0.840. The Kier molecular flexibility index (Phi) is 4.12. The Morgan fingerprint density at radius 2 is 2.00 bits per heavy atom. The van der Waals surface area contributed by atoms with Crippen LogP contribution in [0.5, 0.6) is 11.5 Å². The van der Waals surface area contributed by atoms with E-state index >= 15 is 0 Å². The molecule has 1 aromatic rings. The molecule has 2 rings (SSSR count). The van der Waals surface area contributed by atoms with Gasteiger partial charge in [0.05, 0.1) is 14.2 Å². The standard InChI is InChI=1S/C15H23NO2/c1-15(7-4-8-15)11-16-10-12-9-13(17-2)5-6-14(12)18-3/h5-6,9,16H,4,7-8,10-11H2,1-3H3. The zero-order valence-corrected chi connectivity index (χ0v) is 11.6. The van der Waals surface area contributed by atoms with E-state index in [2.05, 4.69) is 12.2 Å². The highest BCUT2D eigenvalue weighted by Gasteiger charge is 2.30. The first-order chi connectivity index (χ1) is 8.67. The number of ether oxygens (including phenoxy) is 2. The average molecular weight is 249 g/mol. The Morgan fingerprint density at radius 1 is 1.22 bits per heavy atom. The molecule has 3 nitrogen and oxygen atoms in total. The van der Waals surface area contributed by atoms with Crippen molar-refractivity contribution in [3.05, 3.63) is 23.8 Å². The van der Waals surface area contributed by atoms with Gasteiger partial charge in [0.25, 0.3) is 0 Å². The van der Waals surface area contributed by atoms with Crippen molar-refractivity contribution in [3.8, 4) is 11.5 Å². The van der Waals surface area contributed by atoms with Crippen LogP contribution in [0.2, 0.25) is 0 Å². The number of methoxy groups -OCH3 is 2. The molecule has 0 bridgehead atoms. The largest absolute Gasteiger partial charge is 0.497 e. The first-order valence-corrected chi connectivity index (χ1v) is 6.58. The van der Waals surface area contributed by atoms with Crippen molar-refractivity contribution in [3.63, 3.8) is 0 Å². The molecule has 1 N–H and O–H groups in total. The fourth-order valence-corrected chi connectivity index (χ4v) is 2.48. The molecule has 100 valence electrons. The molecule has 1 saturated carbocycles. The number of rotatable bonds is 6. The molecule has 1 aliphatic rings. The van der Waals surface area contributed by atoms with E-state index in [1.54, 1.807) is 14.2 Å². The summed E-state index contributed by atoms with van der Waals surface area (Å²) in [7, 11) is 3.40. The van der Waals surface area contributed by atoms with E-state index in [1.807, 2.05) is 18.2 Å². The molecular formula is C15H23NO2. The molecule has 1 fully saturated rings. The van der Waals surface area contributed by atoms with Gasteiger partial charge >= 0.3 is 0 Å². The fraction of sp³-hybridized carbons (Fsp3) is 0.600. The van der Waals surface area contributed by atoms with Crippen LogP contribution in [0, 0.1) is 5.41 Å². The number of benzene rings is 1. The highest BCUT2D eigenvalue weighted by atomic mass is 16.5. The second kappa shape index (κ2) is 5.61. The van der Waals surface area contributed by atoms with Gasteiger partial charge in [-0.05, 0) is 36.5 Å². The van der Waals surface area contributed by atoms with Crippen LogP contribution in [0.3, 0.4) is 0 Å². The lowest BCUT2D eigenvalue weighted by Gasteiger charge is -2.38. The van der Waals surface area contributed by atoms with Gasteiger partial charge in [-0.15, -0.1) is 0 Å². The second-order valence-corrected chi connectivity index (χ2v) is 5.45. The molecule has 0 atom stereocenters. The minimum absolute atomic E-state index is 0.506. The van der Waals surface area contributed by atoms with Crippen LogP contribution < -0.4 is 14.8 Å². The zero-order chi connectivity index (χ0) is 13.0. The molecule has 1 aliphatic carbocycles. The van der Waals surface area contributed by atoms with E-state index in [0.29, 0.717) is 5.41 Å². The normalized spacial score (nSPS) is 17.1. The monoisotopic (exact) mass is 249 g/mol. The third kappa shape index (κ3) is 2.96. The summed E-state index contributed by atoms with van der Waals surface area (Å²) >= 11 is 0. The summed E-state index contributed by atoms with van der Waals surface area (Å²) in [6.07, 6.45) is 4.06. The highest BCUT2D eigenvalue weighted by Crippen LogP contribution is 2.39. The van der Waals surface area contributed by atoms with Gasteiger partial charge in [-0.25, -0.2) is 0 Å². The zero-order valence-electron chi connectivity index (χ0n) is 11.6. The molecule has 0 saturated heterocycles. The van der Waals surface area contributed by atoms with Gasteiger partial charge in [-0.1, -0.05) is 13.3 Å². The maximum Gasteiger partial charge on any atom is 0.123 e. The Labute approximate surface area is 109 Å². The van der Waals surface area contributed by atoms with Gasteiger partial charge < -0.3 is 14.8 Å². The van der Waals surface area contributed by atoms with Crippen molar-refractivity contribution >= 4 is 0 Å². The van der Waals surface area contributed by atoms with Crippen molar-refractivity contribution < 1.29 is 9.47 Å². The predicted molar refractivity (Wildman–Crippen MR) is 73.2 cm³/mol. The average Bonchev–Trinajstić information content (AvgIpc) is 2.36. The number of hydrogen-bond donors (Lipinski definition) is 1. The SMILES string of the molecule is COc1ccc(OC)c(CNCC2(C)CCC2)c1. The molecule has 0 amide bonds. The highest BCUT2D eigenvalue weighted by molar-refractivity contribution is 5.40. The number of nitrogens with one attached hydrogen (secondary N) is 1. The molecule has 0 radical (unpaired) electrons. The van der Waals surface area contributed by atoms with Crippen molar-refractivity contribution in [2.75, 3.05) is 20.8 Å². The lowest BCUT2D eigenvalue weighted by molar-refractivity contribution is 0.156. The molecule has 18 heavy (non-hydrogen) atoms. The van der Waals surface area contributed by atoms with E-state index in [1.165, 1.54) is 19.3 Å². The van der Waals surface area contributed by atoms with Crippen molar-refractivity contribution in [2.45, 2.75) is 32.7 Å². The maximum atomic E-state index is 5.37. The van der Waals surface area contributed by atoms with E-state index in [-0.39, 0.29) is 0 Å². The third-order valence-electron chi connectivity index (χ3n) is 3.92. The topological polar surface area (TPSA) is 30.5 Å². The molecule has 0 aromatic heterocycles. The summed E-state index contributed by atoms with van der Waals surface area (Å²) in [4.78, 5) is 0. The molecule has 0 aliphatic heterocycles. The maximum absolute atomic E-state index is 5.37. The van der Waals surface area contributed by atoms with Crippen LogP contribution in [-0.2, 0) is 6.54 Å². The molecule has 0 heterocycles. The summed E-state index contributed by atoms with van der Waals surface area (Å²) in [5.41, 5.74) is 1.66. The van der Waals surface area contributed by atoms with Crippen LogP contribution >= 0.6 is 0 Å². The van der Waals surface area contributed by atoms with Crippen molar-refractivity contribution in [2.24, 2.45) is 5.41 Å². The lowest BCUT2D eigenvalue weighted by atomic mass is 9.70. The van der Waals surface area contributed by atoms with Gasteiger partial charge in [0.15, 0.2) is 0 Å². The van der Waals surface area contributed by atoms with Crippen LogP contribution in [0.25, 0.3) is 0 Å². The molecule has 0 spiro atoms. The first kappa shape index (κ1) is 13.2. The van der Waals surface area contributed by atoms with Gasteiger partial charge in [-0.2, -0.15) is 0 Å². The molecule has 1 aromatic carbocycles. The smallest absolute Gasteiger partial charge is 0.123 e. The minimum Gasteiger partial charge on any atom is -0.497 e. The summed E-state index contributed by atoms with van der Waals surface area (Å²) in [6, 6.07) is 5.92. The first-order valence-electron chi connectivity index (χ1n) is 6.58. The Hall–Kier alpha value is -1.22. The summed E-state index contributed by atoms with van der Waals surface area (Å²) in [5, 5.41) is 3.53. The minimum atomic E-state index is 0.506. The predicted octanol–water partition coefficient (Wildman–Crippen LogP) is 2.98. The van der Waals surface area contributed by atoms with E-state index in [4.69, 9.17) is 9.47 Å². The third-order valence-corrected chi connectivity index (χ3v) is 3.92. The Morgan fingerprint density at radius 3 is 2.56 bits per heavy atom. The summed E-state index contributed by atoms with van der Waals surface area (Å²) in [6.45, 7) is 4.26. The number of hydrogen-bond acceptors (Lipinski definition) is 3. The summed E-state index contributed by atoms with van der Waals surface area (Å²) < 4.78 is 10.6. The van der Waals surface area contributed by atoms with Gasteiger partial charge in [0.2, 0.25) is 0 Å². The van der Waals surface area contributed by atoms with Gasteiger partial charge in [0.1, 0.15) is 11.5 Å². The fourth-order valence-electron chi connectivity index (χ4n) is 2.48.